The molecule has 0 aliphatic rings. The highest BCUT2D eigenvalue weighted by atomic mass is 16.1. The average Bonchev–Trinajstić information content (AvgIpc) is 3.05. The Morgan fingerprint density at radius 2 is 2.04 bits per heavy atom. The Balaban J connectivity index is 1.87. The van der Waals surface area contributed by atoms with Crippen LogP contribution in [0.3, 0.4) is 0 Å². The number of rotatable bonds is 5. The predicted octanol–water partition coefficient (Wildman–Crippen LogP) is 3.31. The Morgan fingerprint density at radius 1 is 1.23 bits per heavy atom. The second kappa shape index (κ2) is 7.47. The molecule has 1 aromatic carbocycles. The highest BCUT2D eigenvalue weighted by molar-refractivity contribution is 5.95. The minimum absolute atomic E-state index is 0.125. The fourth-order valence-electron chi connectivity index (χ4n) is 2.97. The van der Waals surface area contributed by atoms with Gasteiger partial charge in [-0.15, -0.1) is 0 Å². The average molecular weight is 349 g/mol. The summed E-state index contributed by atoms with van der Waals surface area (Å²) in [6, 6.07) is 9.39. The van der Waals surface area contributed by atoms with Gasteiger partial charge >= 0.3 is 0 Å². The summed E-state index contributed by atoms with van der Waals surface area (Å²) in [6.45, 7) is 6.12. The lowest BCUT2D eigenvalue weighted by molar-refractivity contribution is 0.0922. The summed E-state index contributed by atoms with van der Waals surface area (Å²) in [5.74, 6) is 0.808. The van der Waals surface area contributed by atoms with Gasteiger partial charge in [0.25, 0.3) is 5.91 Å². The molecule has 1 atom stereocenters. The lowest BCUT2D eigenvalue weighted by Gasteiger charge is -2.21. The summed E-state index contributed by atoms with van der Waals surface area (Å²) >= 11 is 0. The third-order valence-corrected chi connectivity index (χ3v) is 4.43. The molecule has 0 saturated heterocycles. The molecule has 2 heterocycles. The molecular formula is C20H23N5O. The van der Waals surface area contributed by atoms with Gasteiger partial charge in [0, 0.05) is 25.0 Å². The molecule has 2 aromatic heterocycles. The van der Waals surface area contributed by atoms with Crippen molar-refractivity contribution in [3.05, 3.63) is 66.0 Å². The first kappa shape index (κ1) is 17.8. The number of hydrogen-bond donors (Lipinski definition) is 1. The van der Waals surface area contributed by atoms with Crippen molar-refractivity contribution in [3.63, 3.8) is 0 Å². The Kier molecular flexibility index (Phi) is 5.11. The van der Waals surface area contributed by atoms with Crippen molar-refractivity contribution in [2.75, 3.05) is 0 Å². The van der Waals surface area contributed by atoms with Crippen LogP contribution in [-0.4, -0.2) is 25.7 Å². The summed E-state index contributed by atoms with van der Waals surface area (Å²) in [6.07, 6.45) is 5.09. The van der Waals surface area contributed by atoms with Crippen molar-refractivity contribution in [1.29, 1.82) is 0 Å². The van der Waals surface area contributed by atoms with Gasteiger partial charge in [-0.25, -0.2) is 4.98 Å². The Bertz CT molecular complexity index is 916. The van der Waals surface area contributed by atoms with Crippen LogP contribution in [0.2, 0.25) is 0 Å². The molecule has 0 spiro atoms. The number of pyridine rings is 1. The number of aryl methyl sites for hydroxylation is 2. The van der Waals surface area contributed by atoms with Gasteiger partial charge in [0.05, 0.1) is 6.04 Å². The third-order valence-electron chi connectivity index (χ3n) is 4.43. The number of carbonyl (C=O) groups is 1. The molecule has 3 aromatic rings. The fourth-order valence-corrected chi connectivity index (χ4v) is 2.97. The highest BCUT2D eigenvalue weighted by Gasteiger charge is 2.23. The fraction of sp³-hybridized carbons (Fsp3) is 0.300. The normalized spacial score (nSPS) is 12.2. The van der Waals surface area contributed by atoms with Gasteiger partial charge in [-0.3, -0.25) is 14.5 Å². The van der Waals surface area contributed by atoms with Crippen LogP contribution in [0, 0.1) is 12.8 Å². The van der Waals surface area contributed by atoms with Crippen LogP contribution in [-0.2, 0) is 7.05 Å². The smallest absolute Gasteiger partial charge is 0.251 e. The molecule has 0 fully saturated rings. The van der Waals surface area contributed by atoms with E-state index in [0.29, 0.717) is 5.56 Å². The number of amides is 1. The zero-order valence-electron chi connectivity index (χ0n) is 15.5. The summed E-state index contributed by atoms with van der Waals surface area (Å²) in [5, 5.41) is 7.21. The van der Waals surface area contributed by atoms with Gasteiger partial charge in [-0.05, 0) is 47.7 Å². The zero-order chi connectivity index (χ0) is 18.7. The molecule has 1 N–H and O–H groups in total. The van der Waals surface area contributed by atoms with E-state index in [1.54, 1.807) is 10.9 Å². The minimum Gasteiger partial charge on any atom is -0.342 e. The number of aromatic nitrogens is 4. The first-order valence-electron chi connectivity index (χ1n) is 8.63. The van der Waals surface area contributed by atoms with Crippen LogP contribution >= 0.6 is 0 Å². The molecular weight excluding hydrogens is 326 g/mol. The Hall–Kier alpha value is -3.02. The van der Waals surface area contributed by atoms with Gasteiger partial charge < -0.3 is 5.32 Å². The van der Waals surface area contributed by atoms with Gasteiger partial charge in [-0.1, -0.05) is 26.0 Å². The number of nitrogens with zero attached hydrogens (tertiary/aromatic N) is 4. The molecule has 0 bridgehead atoms. The molecule has 6 heteroatoms. The molecule has 134 valence electrons. The van der Waals surface area contributed by atoms with E-state index in [4.69, 9.17) is 0 Å². The maximum Gasteiger partial charge on any atom is 0.251 e. The maximum absolute atomic E-state index is 12.9. The number of benzene rings is 1. The summed E-state index contributed by atoms with van der Waals surface area (Å²) in [4.78, 5) is 21.3. The minimum atomic E-state index is -0.207. The van der Waals surface area contributed by atoms with E-state index >= 15 is 0 Å². The van der Waals surface area contributed by atoms with Crippen LogP contribution in [0.5, 0.6) is 0 Å². The maximum atomic E-state index is 12.9. The standard InChI is InChI=1S/C20H23N5O/c1-13(2)18(19-22-12-23-25(19)4)24-20(26)16-7-5-6-15(10-16)17-8-9-21-11-14(17)3/h5-13,18H,1-4H3,(H,24,26)/t18-/m0/s1. The number of hydrogen-bond acceptors (Lipinski definition) is 4. The molecule has 0 saturated carbocycles. The van der Waals surface area contributed by atoms with Crippen molar-refractivity contribution in [2.24, 2.45) is 13.0 Å². The monoisotopic (exact) mass is 349 g/mol. The molecule has 1 amide bonds. The second-order valence-corrected chi connectivity index (χ2v) is 6.71. The van der Waals surface area contributed by atoms with E-state index in [2.05, 4.69) is 34.2 Å². The van der Waals surface area contributed by atoms with Crippen molar-refractivity contribution >= 4 is 5.91 Å². The van der Waals surface area contributed by atoms with E-state index in [1.165, 1.54) is 6.33 Å². The number of carbonyl (C=O) groups excluding carboxylic acids is 1. The Morgan fingerprint density at radius 3 is 2.69 bits per heavy atom. The van der Waals surface area contributed by atoms with E-state index in [0.717, 1.165) is 22.5 Å². The molecule has 3 rings (SSSR count). The van der Waals surface area contributed by atoms with Crippen molar-refractivity contribution in [1.82, 2.24) is 25.1 Å². The van der Waals surface area contributed by atoms with Crippen LogP contribution in [0.4, 0.5) is 0 Å². The lowest BCUT2D eigenvalue weighted by Crippen LogP contribution is -2.33. The second-order valence-electron chi connectivity index (χ2n) is 6.71. The van der Waals surface area contributed by atoms with Crippen LogP contribution < -0.4 is 5.32 Å². The topological polar surface area (TPSA) is 72.7 Å². The summed E-state index contributed by atoms with van der Waals surface area (Å²) < 4.78 is 1.70. The summed E-state index contributed by atoms with van der Waals surface area (Å²) in [5.41, 5.74) is 3.76. The van der Waals surface area contributed by atoms with Crippen LogP contribution in [0.1, 0.15) is 41.6 Å². The molecule has 26 heavy (non-hydrogen) atoms. The zero-order valence-corrected chi connectivity index (χ0v) is 15.5. The molecule has 0 aliphatic heterocycles. The van der Waals surface area contributed by atoms with Crippen molar-refractivity contribution in [3.8, 4) is 11.1 Å². The largest absolute Gasteiger partial charge is 0.342 e. The quantitative estimate of drug-likeness (QED) is 0.767. The van der Waals surface area contributed by atoms with Crippen LogP contribution in [0.25, 0.3) is 11.1 Å². The molecule has 0 radical (unpaired) electrons. The molecule has 6 nitrogen and oxygen atoms in total. The van der Waals surface area contributed by atoms with Gasteiger partial charge in [-0.2, -0.15) is 5.10 Å². The van der Waals surface area contributed by atoms with Gasteiger partial charge in [0.2, 0.25) is 0 Å². The summed E-state index contributed by atoms with van der Waals surface area (Å²) in [7, 11) is 1.83. The number of nitrogens with one attached hydrogen (secondary N) is 1. The van der Waals surface area contributed by atoms with Gasteiger partial charge in [0.1, 0.15) is 12.2 Å². The van der Waals surface area contributed by atoms with E-state index in [1.807, 2.05) is 50.5 Å². The van der Waals surface area contributed by atoms with Crippen molar-refractivity contribution < 1.29 is 4.79 Å². The predicted molar refractivity (Wildman–Crippen MR) is 100 cm³/mol. The van der Waals surface area contributed by atoms with Crippen molar-refractivity contribution in [2.45, 2.75) is 26.8 Å². The first-order chi connectivity index (χ1) is 12.5. The lowest BCUT2D eigenvalue weighted by atomic mass is 9.99. The highest BCUT2D eigenvalue weighted by Crippen LogP contribution is 2.24. The third kappa shape index (κ3) is 3.64. The molecule has 0 unspecified atom stereocenters. The Labute approximate surface area is 153 Å². The first-order valence-corrected chi connectivity index (χ1v) is 8.63. The van der Waals surface area contributed by atoms with E-state index < -0.39 is 0 Å². The molecule has 0 aliphatic carbocycles. The van der Waals surface area contributed by atoms with E-state index in [9.17, 15) is 4.79 Å². The van der Waals surface area contributed by atoms with Gasteiger partial charge in [0.15, 0.2) is 0 Å². The van der Waals surface area contributed by atoms with Crippen LogP contribution in [0.15, 0.2) is 49.1 Å². The SMILES string of the molecule is Cc1cnccc1-c1cccc(C(=O)N[C@H](c2ncnn2C)C(C)C)c1. The van der Waals surface area contributed by atoms with E-state index in [-0.39, 0.29) is 17.9 Å².